The zero-order chi connectivity index (χ0) is 12.4. The molecule has 1 aliphatic heterocycles. The molecule has 4 nitrogen and oxygen atoms in total. The maximum atomic E-state index is 4.30. The quantitative estimate of drug-likeness (QED) is 0.910. The van der Waals surface area contributed by atoms with Gasteiger partial charge < -0.3 is 5.32 Å². The molecule has 0 amide bonds. The second-order valence-electron chi connectivity index (χ2n) is 5.45. The molecule has 0 spiro atoms. The lowest BCUT2D eigenvalue weighted by Gasteiger charge is -2.31. The first kappa shape index (κ1) is 12.4. The van der Waals surface area contributed by atoms with Crippen LogP contribution in [-0.4, -0.2) is 33.6 Å². The van der Waals surface area contributed by atoms with Crippen LogP contribution in [0.4, 0.5) is 5.00 Å². The number of hydrogen-bond acceptors (Lipinski definition) is 5. The molecule has 2 aliphatic rings. The highest BCUT2D eigenvalue weighted by atomic mass is 32.1. The van der Waals surface area contributed by atoms with Gasteiger partial charge in [0.05, 0.1) is 0 Å². The first-order valence-corrected chi connectivity index (χ1v) is 7.95. The molecule has 1 saturated carbocycles. The highest BCUT2D eigenvalue weighted by Gasteiger charge is 2.35. The molecule has 1 aromatic rings. The molecule has 100 valence electrons. The molecule has 3 rings (SSSR count). The lowest BCUT2D eigenvalue weighted by molar-refractivity contribution is 0.174. The van der Waals surface area contributed by atoms with Gasteiger partial charge in [-0.3, -0.25) is 4.90 Å². The summed E-state index contributed by atoms with van der Waals surface area (Å²) in [5.74, 6) is 0.952. The molecule has 0 radical (unpaired) electrons. The molecule has 2 heterocycles. The Balaban J connectivity index is 1.67. The van der Waals surface area contributed by atoms with E-state index in [1.165, 1.54) is 50.2 Å². The Morgan fingerprint density at radius 2 is 2.22 bits per heavy atom. The van der Waals surface area contributed by atoms with Crippen LogP contribution in [0.15, 0.2) is 0 Å². The number of rotatable bonds is 4. The summed E-state index contributed by atoms with van der Waals surface area (Å²) in [4.78, 5) is 2.64. The van der Waals surface area contributed by atoms with Crippen molar-refractivity contribution in [1.82, 2.24) is 14.5 Å². The van der Waals surface area contributed by atoms with Gasteiger partial charge in [-0.2, -0.15) is 0 Å². The van der Waals surface area contributed by atoms with Crippen molar-refractivity contribution >= 4 is 16.5 Å². The Bertz CT molecular complexity index is 392. The van der Waals surface area contributed by atoms with E-state index in [-0.39, 0.29) is 0 Å². The predicted molar refractivity (Wildman–Crippen MR) is 74.8 cm³/mol. The first-order valence-electron chi connectivity index (χ1n) is 7.17. The maximum absolute atomic E-state index is 4.30. The van der Waals surface area contributed by atoms with E-state index in [0.29, 0.717) is 0 Å². The minimum atomic E-state index is 0.815. The van der Waals surface area contributed by atoms with E-state index in [1.54, 1.807) is 0 Å². The van der Waals surface area contributed by atoms with Crippen molar-refractivity contribution in [3.8, 4) is 0 Å². The van der Waals surface area contributed by atoms with Crippen LogP contribution in [0.5, 0.6) is 0 Å². The zero-order valence-electron chi connectivity index (χ0n) is 11.1. The molecule has 1 aliphatic carbocycles. The van der Waals surface area contributed by atoms with Crippen LogP contribution < -0.4 is 5.32 Å². The molecule has 0 aromatic carbocycles. The third-order valence-corrected chi connectivity index (χ3v) is 5.10. The van der Waals surface area contributed by atoms with E-state index < -0.39 is 0 Å². The molecular weight excluding hydrogens is 244 g/mol. The van der Waals surface area contributed by atoms with E-state index in [1.807, 2.05) is 0 Å². The average Bonchev–Trinajstić information content (AvgIpc) is 2.99. The number of fused-ring (bicyclic) bond motifs is 1. The van der Waals surface area contributed by atoms with Crippen molar-refractivity contribution in [3.05, 3.63) is 5.69 Å². The normalized spacial score (nSPS) is 28.3. The monoisotopic (exact) mass is 266 g/mol. The molecular formula is C13H22N4S. The summed E-state index contributed by atoms with van der Waals surface area (Å²) in [5, 5.41) is 8.83. The molecule has 5 heteroatoms. The third-order valence-electron chi connectivity index (χ3n) is 4.37. The van der Waals surface area contributed by atoms with Crippen molar-refractivity contribution < 1.29 is 0 Å². The number of nitrogens with one attached hydrogen (secondary N) is 1. The SMILES string of the molecule is CCNc1snnc1CN1CCC2CCCCC21. The van der Waals surface area contributed by atoms with Gasteiger partial charge in [-0.25, -0.2) is 0 Å². The van der Waals surface area contributed by atoms with Crippen LogP contribution in [0.1, 0.15) is 44.7 Å². The molecule has 0 bridgehead atoms. The fraction of sp³-hybridized carbons (Fsp3) is 0.846. The van der Waals surface area contributed by atoms with E-state index >= 15 is 0 Å². The second kappa shape index (κ2) is 5.53. The average molecular weight is 266 g/mol. The zero-order valence-corrected chi connectivity index (χ0v) is 11.9. The molecule has 1 aromatic heterocycles. The molecule has 2 atom stereocenters. The summed E-state index contributed by atoms with van der Waals surface area (Å²) in [5.41, 5.74) is 1.15. The number of nitrogens with zero attached hydrogens (tertiary/aromatic N) is 3. The van der Waals surface area contributed by atoms with Crippen LogP contribution >= 0.6 is 11.5 Å². The van der Waals surface area contributed by atoms with Gasteiger partial charge in [0.25, 0.3) is 0 Å². The van der Waals surface area contributed by atoms with Crippen molar-refractivity contribution in [2.24, 2.45) is 5.92 Å². The van der Waals surface area contributed by atoms with E-state index in [2.05, 4.69) is 26.7 Å². The highest BCUT2D eigenvalue weighted by Crippen LogP contribution is 2.37. The molecule has 1 saturated heterocycles. The Morgan fingerprint density at radius 3 is 3.11 bits per heavy atom. The second-order valence-corrected chi connectivity index (χ2v) is 6.20. The van der Waals surface area contributed by atoms with E-state index in [0.717, 1.165) is 35.7 Å². The topological polar surface area (TPSA) is 41.1 Å². The van der Waals surface area contributed by atoms with Gasteiger partial charge in [-0.05, 0) is 38.6 Å². The van der Waals surface area contributed by atoms with Crippen molar-refractivity contribution in [2.45, 2.75) is 51.6 Å². The first-order chi connectivity index (χ1) is 8.88. The molecule has 18 heavy (non-hydrogen) atoms. The number of hydrogen-bond donors (Lipinski definition) is 1. The Morgan fingerprint density at radius 1 is 1.33 bits per heavy atom. The van der Waals surface area contributed by atoms with Gasteiger partial charge in [0.2, 0.25) is 0 Å². The summed E-state index contributed by atoms with van der Waals surface area (Å²) in [6.07, 6.45) is 7.07. The van der Waals surface area contributed by atoms with Gasteiger partial charge in [0.1, 0.15) is 10.7 Å². The number of likely N-dealkylation sites (tertiary alicyclic amines) is 1. The minimum Gasteiger partial charge on any atom is -0.374 e. The lowest BCUT2D eigenvalue weighted by atomic mass is 9.85. The Hall–Kier alpha value is -0.680. The van der Waals surface area contributed by atoms with E-state index in [4.69, 9.17) is 0 Å². The summed E-state index contributed by atoms with van der Waals surface area (Å²) in [7, 11) is 0. The number of anilines is 1. The number of aromatic nitrogens is 2. The summed E-state index contributed by atoms with van der Waals surface area (Å²) in [6.45, 7) is 5.30. The van der Waals surface area contributed by atoms with E-state index in [9.17, 15) is 0 Å². The van der Waals surface area contributed by atoms with Gasteiger partial charge >= 0.3 is 0 Å². The summed E-state index contributed by atoms with van der Waals surface area (Å²) >= 11 is 1.49. The van der Waals surface area contributed by atoms with Crippen molar-refractivity contribution in [2.75, 3.05) is 18.4 Å². The minimum absolute atomic E-state index is 0.815. The lowest BCUT2D eigenvalue weighted by Crippen LogP contribution is -2.34. The smallest absolute Gasteiger partial charge is 0.134 e. The predicted octanol–water partition coefficient (Wildman–Crippen LogP) is 2.73. The third kappa shape index (κ3) is 2.38. The van der Waals surface area contributed by atoms with Crippen LogP contribution in [0, 0.1) is 5.92 Å². The fourth-order valence-electron chi connectivity index (χ4n) is 3.50. The summed E-state index contributed by atoms with van der Waals surface area (Å²) < 4.78 is 4.09. The van der Waals surface area contributed by atoms with Gasteiger partial charge in [-0.15, -0.1) is 5.10 Å². The van der Waals surface area contributed by atoms with Crippen molar-refractivity contribution in [3.63, 3.8) is 0 Å². The van der Waals surface area contributed by atoms with Crippen LogP contribution in [0.2, 0.25) is 0 Å². The fourth-order valence-corrected chi connectivity index (χ4v) is 4.14. The Kier molecular flexibility index (Phi) is 3.80. The van der Waals surface area contributed by atoms with Gasteiger partial charge in [0, 0.05) is 30.7 Å². The van der Waals surface area contributed by atoms with Crippen LogP contribution in [0.25, 0.3) is 0 Å². The van der Waals surface area contributed by atoms with Crippen molar-refractivity contribution in [1.29, 1.82) is 0 Å². The molecule has 2 unspecified atom stereocenters. The maximum Gasteiger partial charge on any atom is 0.134 e. The van der Waals surface area contributed by atoms with Crippen LogP contribution in [0.3, 0.4) is 0 Å². The van der Waals surface area contributed by atoms with Crippen LogP contribution in [-0.2, 0) is 6.54 Å². The molecule has 1 N–H and O–H groups in total. The Labute approximate surface area is 113 Å². The van der Waals surface area contributed by atoms with Gasteiger partial charge in [0.15, 0.2) is 0 Å². The summed E-state index contributed by atoms with van der Waals surface area (Å²) in [6, 6.07) is 0.815. The molecule has 2 fully saturated rings. The largest absolute Gasteiger partial charge is 0.374 e. The van der Waals surface area contributed by atoms with Gasteiger partial charge in [-0.1, -0.05) is 17.3 Å². The standard InChI is InChI=1S/C13H22N4S/c1-2-14-13-11(15-16-18-13)9-17-8-7-10-5-3-4-6-12(10)17/h10,12,14H,2-9H2,1H3. The highest BCUT2D eigenvalue weighted by molar-refractivity contribution is 7.10.